The van der Waals surface area contributed by atoms with Crippen LogP contribution >= 0.6 is 0 Å². The Morgan fingerprint density at radius 3 is 2.48 bits per heavy atom. The van der Waals surface area contributed by atoms with E-state index in [1.165, 1.54) is 4.90 Å². The van der Waals surface area contributed by atoms with Crippen LogP contribution in [0.2, 0.25) is 0 Å². The minimum atomic E-state index is -1.06. The Morgan fingerprint density at radius 2 is 1.86 bits per heavy atom. The fourth-order valence-electron chi connectivity index (χ4n) is 4.68. The van der Waals surface area contributed by atoms with Crippen molar-refractivity contribution >= 4 is 17.8 Å². The van der Waals surface area contributed by atoms with Gasteiger partial charge in [0.05, 0.1) is 6.04 Å². The largest absolute Gasteiger partial charge is 0.508 e. The first-order valence-electron chi connectivity index (χ1n) is 10.1. The molecular formula is C21H28N2O6. The molecule has 1 aromatic rings. The molecule has 0 aromatic heterocycles. The maximum absolute atomic E-state index is 13.1. The summed E-state index contributed by atoms with van der Waals surface area (Å²) in [7, 11) is 0. The lowest BCUT2D eigenvalue weighted by molar-refractivity contribution is -0.151. The quantitative estimate of drug-likeness (QED) is 0.518. The maximum atomic E-state index is 13.1. The number of benzene rings is 1. The number of phenolic OH excluding ortho intramolecular Hbond substituents is 1. The minimum Gasteiger partial charge on any atom is -0.508 e. The molecule has 2 aliphatic rings. The van der Waals surface area contributed by atoms with Crippen molar-refractivity contribution in [3.8, 4) is 5.75 Å². The molecule has 0 radical (unpaired) electrons. The van der Waals surface area contributed by atoms with E-state index in [4.69, 9.17) is 0 Å². The number of phenols is 1. The summed E-state index contributed by atoms with van der Waals surface area (Å²) in [6.45, 7) is 1.60. The molecule has 1 aliphatic heterocycles. The number of amides is 1. The third-order valence-corrected chi connectivity index (χ3v) is 6.16. The number of carboxylic acid groups (broad SMARTS) is 2. The Hall–Kier alpha value is -2.61. The van der Waals surface area contributed by atoms with Crippen molar-refractivity contribution in [2.75, 3.05) is 0 Å². The van der Waals surface area contributed by atoms with E-state index in [1.54, 1.807) is 31.2 Å². The van der Waals surface area contributed by atoms with E-state index in [1.807, 2.05) is 0 Å². The van der Waals surface area contributed by atoms with Gasteiger partial charge in [0.1, 0.15) is 17.8 Å². The average Bonchev–Trinajstić information content (AvgIpc) is 3.26. The van der Waals surface area contributed by atoms with Crippen molar-refractivity contribution in [3.63, 3.8) is 0 Å². The molecule has 1 heterocycles. The van der Waals surface area contributed by atoms with Crippen LogP contribution in [-0.4, -0.2) is 62.2 Å². The molecular weight excluding hydrogens is 376 g/mol. The van der Waals surface area contributed by atoms with Gasteiger partial charge in [0.25, 0.3) is 0 Å². The first-order valence-corrected chi connectivity index (χ1v) is 10.1. The zero-order chi connectivity index (χ0) is 21.1. The molecule has 158 valence electrons. The lowest BCUT2D eigenvalue weighted by Crippen LogP contribution is -2.55. The topological polar surface area (TPSA) is 127 Å². The molecule has 8 nitrogen and oxygen atoms in total. The number of aromatic hydroxyl groups is 1. The summed E-state index contributed by atoms with van der Waals surface area (Å²) in [5.41, 5.74) is 0.883. The summed E-state index contributed by atoms with van der Waals surface area (Å²) < 4.78 is 0. The highest BCUT2D eigenvalue weighted by Gasteiger charge is 2.49. The standard InChI is InChI=1S/C21H28N2O6/c1-12(19(25)23-17-4-2-3-14(17)11-18(23)21(28)29)22-16(20(26)27)10-7-13-5-8-15(24)9-6-13/h5-6,8-9,12,14,16-18,22,24H,2-4,7,10-11H2,1H3,(H,26,27)(H,28,29)/t12-,14-,16-,17-,18-/m0/s1. The fraction of sp³-hybridized carbons (Fsp3) is 0.571. The molecule has 3 rings (SSSR count). The predicted molar refractivity (Wildman–Crippen MR) is 104 cm³/mol. The molecule has 1 saturated heterocycles. The van der Waals surface area contributed by atoms with Gasteiger partial charge in [0.15, 0.2) is 0 Å². The SMILES string of the molecule is C[C@H](N[C@@H](CCc1ccc(O)cc1)C(=O)O)C(=O)N1[C@H](C(=O)O)C[C@@H]2CCC[C@@H]21. The van der Waals surface area contributed by atoms with E-state index < -0.39 is 30.1 Å². The number of carbonyl (C=O) groups is 3. The van der Waals surface area contributed by atoms with Gasteiger partial charge in [-0.15, -0.1) is 0 Å². The fourth-order valence-corrected chi connectivity index (χ4v) is 4.68. The zero-order valence-corrected chi connectivity index (χ0v) is 16.5. The van der Waals surface area contributed by atoms with E-state index >= 15 is 0 Å². The molecule has 8 heteroatoms. The Bertz CT molecular complexity index is 765. The second-order valence-corrected chi connectivity index (χ2v) is 8.08. The highest BCUT2D eigenvalue weighted by atomic mass is 16.4. The summed E-state index contributed by atoms with van der Waals surface area (Å²) in [5, 5.41) is 31.3. The Balaban J connectivity index is 1.64. The molecule has 1 saturated carbocycles. The van der Waals surface area contributed by atoms with E-state index in [0.717, 1.165) is 24.8 Å². The maximum Gasteiger partial charge on any atom is 0.326 e. The molecule has 5 atom stereocenters. The number of carboxylic acids is 2. The van der Waals surface area contributed by atoms with Crippen molar-refractivity contribution in [1.29, 1.82) is 0 Å². The third kappa shape index (κ3) is 4.70. The molecule has 0 spiro atoms. The van der Waals surface area contributed by atoms with E-state index in [9.17, 15) is 29.7 Å². The van der Waals surface area contributed by atoms with Crippen molar-refractivity contribution in [1.82, 2.24) is 10.2 Å². The lowest BCUT2D eigenvalue weighted by Gasteiger charge is -2.31. The summed E-state index contributed by atoms with van der Waals surface area (Å²) in [6, 6.07) is 3.92. The van der Waals surface area contributed by atoms with Crippen LogP contribution in [0, 0.1) is 5.92 Å². The number of aliphatic carboxylic acids is 2. The number of hydrogen-bond acceptors (Lipinski definition) is 5. The van der Waals surface area contributed by atoms with Gasteiger partial charge in [-0.25, -0.2) is 4.79 Å². The molecule has 0 bridgehead atoms. The number of fused-ring (bicyclic) bond motifs is 1. The lowest BCUT2D eigenvalue weighted by atomic mass is 10.0. The van der Waals surface area contributed by atoms with Crippen LogP contribution in [0.3, 0.4) is 0 Å². The summed E-state index contributed by atoms with van der Waals surface area (Å²) in [5.74, 6) is -2.04. The average molecular weight is 404 g/mol. The second kappa shape index (κ2) is 8.82. The molecule has 29 heavy (non-hydrogen) atoms. The van der Waals surface area contributed by atoms with Gasteiger partial charge < -0.3 is 20.2 Å². The van der Waals surface area contributed by atoms with Gasteiger partial charge in [0, 0.05) is 6.04 Å². The highest BCUT2D eigenvalue weighted by Crippen LogP contribution is 2.41. The minimum absolute atomic E-state index is 0.0619. The highest BCUT2D eigenvalue weighted by molar-refractivity contribution is 5.88. The summed E-state index contributed by atoms with van der Waals surface area (Å²) in [4.78, 5) is 37.9. The van der Waals surface area contributed by atoms with Crippen molar-refractivity contribution in [3.05, 3.63) is 29.8 Å². The van der Waals surface area contributed by atoms with Crippen LogP contribution in [0.1, 0.15) is 44.6 Å². The Labute approximate surface area is 169 Å². The number of rotatable bonds is 8. The van der Waals surface area contributed by atoms with Crippen LogP contribution in [0.15, 0.2) is 24.3 Å². The van der Waals surface area contributed by atoms with Gasteiger partial charge in [0.2, 0.25) is 5.91 Å². The monoisotopic (exact) mass is 404 g/mol. The number of likely N-dealkylation sites (tertiary alicyclic amines) is 1. The van der Waals surface area contributed by atoms with Crippen LogP contribution in [0.5, 0.6) is 5.75 Å². The van der Waals surface area contributed by atoms with E-state index in [-0.39, 0.29) is 30.0 Å². The molecule has 1 aromatic carbocycles. The predicted octanol–water partition coefficient (Wildman–Crippen LogP) is 1.61. The number of aryl methyl sites for hydroxylation is 1. The van der Waals surface area contributed by atoms with Crippen LogP contribution in [0.25, 0.3) is 0 Å². The Kier molecular flexibility index (Phi) is 6.42. The van der Waals surface area contributed by atoms with Gasteiger partial charge in [-0.1, -0.05) is 18.6 Å². The first-order chi connectivity index (χ1) is 13.8. The van der Waals surface area contributed by atoms with E-state index in [0.29, 0.717) is 12.8 Å². The van der Waals surface area contributed by atoms with Gasteiger partial charge in [-0.05, 0) is 62.6 Å². The van der Waals surface area contributed by atoms with Crippen molar-refractivity contribution in [2.45, 2.75) is 69.6 Å². The van der Waals surface area contributed by atoms with Crippen molar-refractivity contribution < 1.29 is 29.7 Å². The number of nitrogens with zero attached hydrogens (tertiary/aromatic N) is 1. The number of hydrogen-bond donors (Lipinski definition) is 4. The van der Waals surface area contributed by atoms with Crippen LogP contribution < -0.4 is 5.32 Å². The Morgan fingerprint density at radius 1 is 1.17 bits per heavy atom. The zero-order valence-electron chi connectivity index (χ0n) is 16.5. The smallest absolute Gasteiger partial charge is 0.326 e. The third-order valence-electron chi connectivity index (χ3n) is 6.16. The van der Waals surface area contributed by atoms with Gasteiger partial charge >= 0.3 is 11.9 Å². The number of carbonyl (C=O) groups excluding carboxylic acids is 1. The van der Waals surface area contributed by atoms with Crippen molar-refractivity contribution in [2.24, 2.45) is 5.92 Å². The number of nitrogens with one attached hydrogen (secondary N) is 1. The second-order valence-electron chi connectivity index (χ2n) is 8.08. The summed E-state index contributed by atoms with van der Waals surface area (Å²) >= 11 is 0. The molecule has 4 N–H and O–H groups in total. The molecule has 1 aliphatic carbocycles. The normalized spacial score (nSPS) is 25.4. The summed E-state index contributed by atoms with van der Waals surface area (Å²) in [6.07, 6.45) is 3.93. The van der Waals surface area contributed by atoms with Gasteiger partial charge in [-0.2, -0.15) is 0 Å². The first kappa shape index (κ1) is 21.1. The molecule has 0 unspecified atom stereocenters. The molecule has 2 fully saturated rings. The van der Waals surface area contributed by atoms with E-state index in [2.05, 4.69) is 5.32 Å². The van der Waals surface area contributed by atoms with Crippen LogP contribution in [0.4, 0.5) is 0 Å². The van der Waals surface area contributed by atoms with Crippen LogP contribution in [-0.2, 0) is 20.8 Å². The molecule has 1 amide bonds. The van der Waals surface area contributed by atoms with Gasteiger partial charge in [-0.3, -0.25) is 14.9 Å².